The first kappa shape index (κ1) is 13.6. The van der Waals surface area contributed by atoms with Crippen LogP contribution in [0.15, 0.2) is 41.1 Å². The SMILES string of the molecule is CNc1ncc(Cl)cc1-c1noc(-c2ccc(C)cc2)n1. The quantitative estimate of drug-likeness (QED) is 0.797. The van der Waals surface area contributed by atoms with Gasteiger partial charge >= 0.3 is 0 Å². The summed E-state index contributed by atoms with van der Waals surface area (Å²) in [4.78, 5) is 8.62. The first-order chi connectivity index (χ1) is 10.2. The second-order valence-corrected chi connectivity index (χ2v) is 5.03. The number of hydrogen-bond donors (Lipinski definition) is 1. The van der Waals surface area contributed by atoms with Crippen LogP contribution in [0.3, 0.4) is 0 Å². The lowest BCUT2D eigenvalue weighted by Gasteiger charge is -2.04. The van der Waals surface area contributed by atoms with E-state index in [0.29, 0.717) is 28.1 Å². The van der Waals surface area contributed by atoms with Crippen molar-refractivity contribution >= 4 is 17.4 Å². The van der Waals surface area contributed by atoms with Crippen LogP contribution in [0.4, 0.5) is 5.82 Å². The molecule has 0 amide bonds. The maximum Gasteiger partial charge on any atom is 0.258 e. The number of benzene rings is 1. The third-order valence-corrected chi connectivity index (χ3v) is 3.26. The molecule has 0 spiro atoms. The average Bonchev–Trinajstić information content (AvgIpc) is 2.97. The smallest absolute Gasteiger partial charge is 0.258 e. The van der Waals surface area contributed by atoms with Crippen molar-refractivity contribution in [2.24, 2.45) is 0 Å². The first-order valence-electron chi connectivity index (χ1n) is 6.42. The van der Waals surface area contributed by atoms with Gasteiger partial charge in [0.1, 0.15) is 5.82 Å². The number of pyridine rings is 1. The summed E-state index contributed by atoms with van der Waals surface area (Å²) in [5, 5.41) is 7.52. The summed E-state index contributed by atoms with van der Waals surface area (Å²) in [5.74, 6) is 1.56. The van der Waals surface area contributed by atoms with Crippen LogP contribution in [0.2, 0.25) is 5.02 Å². The minimum Gasteiger partial charge on any atom is -0.373 e. The molecule has 1 aromatic carbocycles. The van der Waals surface area contributed by atoms with Crippen molar-refractivity contribution in [3.63, 3.8) is 0 Å². The van der Waals surface area contributed by atoms with E-state index in [4.69, 9.17) is 16.1 Å². The molecule has 3 aromatic rings. The van der Waals surface area contributed by atoms with Crippen LogP contribution in [0, 0.1) is 6.92 Å². The summed E-state index contributed by atoms with van der Waals surface area (Å²) in [5.41, 5.74) is 2.75. The summed E-state index contributed by atoms with van der Waals surface area (Å²) < 4.78 is 5.32. The molecule has 21 heavy (non-hydrogen) atoms. The Hall–Kier alpha value is -2.40. The zero-order chi connectivity index (χ0) is 14.8. The van der Waals surface area contributed by atoms with Crippen LogP contribution in [-0.2, 0) is 0 Å². The molecule has 1 N–H and O–H groups in total. The van der Waals surface area contributed by atoms with Gasteiger partial charge in [0.2, 0.25) is 5.82 Å². The molecule has 0 radical (unpaired) electrons. The highest BCUT2D eigenvalue weighted by molar-refractivity contribution is 6.30. The van der Waals surface area contributed by atoms with Gasteiger partial charge in [0.05, 0.1) is 10.6 Å². The van der Waals surface area contributed by atoms with E-state index in [1.165, 1.54) is 5.56 Å². The second-order valence-electron chi connectivity index (χ2n) is 4.59. The van der Waals surface area contributed by atoms with E-state index in [0.717, 1.165) is 5.56 Å². The number of hydrogen-bond acceptors (Lipinski definition) is 5. The lowest BCUT2D eigenvalue weighted by atomic mass is 10.1. The van der Waals surface area contributed by atoms with Crippen molar-refractivity contribution in [2.45, 2.75) is 6.92 Å². The van der Waals surface area contributed by atoms with Gasteiger partial charge in [-0.3, -0.25) is 0 Å². The van der Waals surface area contributed by atoms with Crippen molar-refractivity contribution in [3.8, 4) is 22.8 Å². The number of rotatable bonds is 3. The third-order valence-electron chi connectivity index (χ3n) is 3.06. The van der Waals surface area contributed by atoms with Crippen molar-refractivity contribution in [3.05, 3.63) is 47.1 Å². The summed E-state index contributed by atoms with van der Waals surface area (Å²) in [6, 6.07) is 9.65. The fourth-order valence-electron chi connectivity index (χ4n) is 1.96. The maximum absolute atomic E-state index is 5.99. The zero-order valence-electron chi connectivity index (χ0n) is 11.6. The predicted molar refractivity (Wildman–Crippen MR) is 82.3 cm³/mol. The lowest BCUT2D eigenvalue weighted by molar-refractivity contribution is 0.432. The average molecular weight is 301 g/mol. The van der Waals surface area contributed by atoms with E-state index in [1.807, 2.05) is 31.2 Å². The topological polar surface area (TPSA) is 63.8 Å². The van der Waals surface area contributed by atoms with Crippen LogP contribution in [-0.4, -0.2) is 22.2 Å². The molecule has 2 heterocycles. The Morgan fingerprint density at radius 3 is 2.67 bits per heavy atom. The molecule has 0 saturated carbocycles. The number of aryl methyl sites for hydroxylation is 1. The highest BCUT2D eigenvalue weighted by Gasteiger charge is 2.14. The minimum absolute atomic E-state index is 0.449. The molecular weight excluding hydrogens is 288 g/mol. The summed E-state index contributed by atoms with van der Waals surface area (Å²) in [6.45, 7) is 2.03. The molecule has 0 atom stereocenters. The third kappa shape index (κ3) is 2.73. The molecule has 0 saturated heterocycles. The fraction of sp³-hybridized carbons (Fsp3) is 0.133. The van der Waals surface area contributed by atoms with E-state index in [-0.39, 0.29) is 0 Å². The molecule has 3 rings (SSSR count). The van der Waals surface area contributed by atoms with Crippen molar-refractivity contribution < 1.29 is 4.52 Å². The Labute approximate surface area is 127 Å². The van der Waals surface area contributed by atoms with Crippen LogP contribution < -0.4 is 5.32 Å². The predicted octanol–water partition coefficient (Wildman–Crippen LogP) is 3.80. The molecular formula is C15H13ClN4O. The molecule has 0 unspecified atom stereocenters. The first-order valence-corrected chi connectivity index (χ1v) is 6.79. The number of anilines is 1. The van der Waals surface area contributed by atoms with Crippen LogP contribution in [0.25, 0.3) is 22.8 Å². The molecule has 2 aromatic heterocycles. The molecule has 106 valence electrons. The summed E-state index contributed by atoms with van der Waals surface area (Å²) in [7, 11) is 1.78. The van der Waals surface area contributed by atoms with Gasteiger partial charge in [0.25, 0.3) is 5.89 Å². The minimum atomic E-state index is 0.449. The largest absolute Gasteiger partial charge is 0.373 e. The van der Waals surface area contributed by atoms with Gasteiger partial charge in [-0.2, -0.15) is 4.98 Å². The highest BCUT2D eigenvalue weighted by atomic mass is 35.5. The zero-order valence-corrected chi connectivity index (χ0v) is 12.3. The number of nitrogens with one attached hydrogen (secondary N) is 1. The van der Waals surface area contributed by atoms with E-state index in [1.54, 1.807) is 19.3 Å². The van der Waals surface area contributed by atoms with Crippen molar-refractivity contribution in [2.75, 3.05) is 12.4 Å². The molecule has 5 nitrogen and oxygen atoms in total. The Morgan fingerprint density at radius 2 is 1.95 bits per heavy atom. The summed E-state index contributed by atoms with van der Waals surface area (Å²) >= 11 is 5.99. The van der Waals surface area contributed by atoms with Crippen LogP contribution in [0.5, 0.6) is 0 Å². The Morgan fingerprint density at radius 1 is 1.19 bits per heavy atom. The van der Waals surface area contributed by atoms with Gasteiger partial charge in [0, 0.05) is 18.8 Å². The number of halogens is 1. The van der Waals surface area contributed by atoms with Gasteiger partial charge < -0.3 is 9.84 Å². The molecule has 0 bridgehead atoms. The van der Waals surface area contributed by atoms with Crippen molar-refractivity contribution in [1.82, 2.24) is 15.1 Å². The van der Waals surface area contributed by atoms with Crippen molar-refractivity contribution in [1.29, 1.82) is 0 Å². The molecule has 6 heteroatoms. The van der Waals surface area contributed by atoms with Gasteiger partial charge in [-0.25, -0.2) is 4.98 Å². The van der Waals surface area contributed by atoms with E-state index in [2.05, 4.69) is 20.4 Å². The number of aromatic nitrogens is 3. The van der Waals surface area contributed by atoms with Crippen LogP contribution in [0.1, 0.15) is 5.56 Å². The fourth-order valence-corrected chi connectivity index (χ4v) is 2.11. The van der Waals surface area contributed by atoms with E-state index < -0.39 is 0 Å². The van der Waals surface area contributed by atoms with Gasteiger partial charge in [-0.05, 0) is 25.1 Å². The lowest BCUT2D eigenvalue weighted by Crippen LogP contribution is -1.96. The van der Waals surface area contributed by atoms with Gasteiger partial charge in [0.15, 0.2) is 0 Å². The molecule has 0 fully saturated rings. The standard InChI is InChI=1S/C15H13ClN4O/c1-9-3-5-10(6-4-9)15-19-14(20-21-15)12-7-11(16)8-18-13(12)17-2/h3-8H,1-2H3,(H,17,18). The normalized spacial score (nSPS) is 10.6. The van der Waals surface area contributed by atoms with Gasteiger partial charge in [-0.1, -0.05) is 34.5 Å². The molecule has 0 aliphatic carbocycles. The highest BCUT2D eigenvalue weighted by Crippen LogP contribution is 2.28. The maximum atomic E-state index is 5.99. The molecule has 0 aliphatic heterocycles. The van der Waals surface area contributed by atoms with Gasteiger partial charge in [-0.15, -0.1) is 0 Å². The Bertz CT molecular complexity index is 768. The second kappa shape index (κ2) is 5.54. The van der Waals surface area contributed by atoms with E-state index >= 15 is 0 Å². The summed E-state index contributed by atoms with van der Waals surface area (Å²) in [6.07, 6.45) is 1.57. The van der Waals surface area contributed by atoms with Crippen LogP contribution >= 0.6 is 11.6 Å². The monoisotopic (exact) mass is 300 g/mol. The van der Waals surface area contributed by atoms with E-state index in [9.17, 15) is 0 Å². The Kier molecular flexibility index (Phi) is 3.58. The Balaban J connectivity index is 2.02. The number of nitrogens with zero attached hydrogens (tertiary/aromatic N) is 3. The molecule has 0 aliphatic rings.